The van der Waals surface area contributed by atoms with Crippen molar-refractivity contribution >= 4 is 34.5 Å². The minimum atomic E-state index is -0.676. The molecule has 1 fully saturated rings. The molecule has 1 aliphatic carbocycles. The molecule has 0 radical (unpaired) electrons. The van der Waals surface area contributed by atoms with Crippen molar-refractivity contribution < 1.29 is 13.5 Å². The van der Waals surface area contributed by atoms with Crippen LogP contribution in [0.15, 0.2) is 58.4 Å². The molecule has 2 heterocycles. The third-order valence-electron chi connectivity index (χ3n) is 5.91. The second-order valence-corrected chi connectivity index (χ2v) is 8.87. The summed E-state index contributed by atoms with van der Waals surface area (Å²) in [6, 6.07) is 10.6. The quantitative estimate of drug-likeness (QED) is 0.367. The number of pyridine rings is 1. The molecule has 2 aromatic carbocycles. The number of aromatic nitrogens is 3. The van der Waals surface area contributed by atoms with Crippen molar-refractivity contribution in [3.05, 3.63) is 70.6 Å². The Balaban J connectivity index is 1.50. The van der Waals surface area contributed by atoms with E-state index in [1.807, 2.05) is 6.07 Å². The summed E-state index contributed by atoms with van der Waals surface area (Å²) in [7, 11) is 1.48. The van der Waals surface area contributed by atoms with Crippen LogP contribution in [0.5, 0.6) is 5.88 Å². The molecule has 3 N–H and O–H groups in total. The van der Waals surface area contributed by atoms with Crippen LogP contribution in [0.1, 0.15) is 25.3 Å². The van der Waals surface area contributed by atoms with E-state index in [2.05, 4.69) is 14.7 Å². The Morgan fingerprint density at radius 3 is 2.68 bits per heavy atom. The van der Waals surface area contributed by atoms with Crippen LogP contribution in [0, 0.1) is 11.6 Å². The third-order valence-corrected chi connectivity index (χ3v) is 6.78. The molecule has 0 amide bonds. The van der Waals surface area contributed by atoms with Gasteiger partial charge in [-0.15, -0.1) is 0 Å². The zero-order valence-corrected chi connectivity index (χ0v) is 19.0. The highest BCUT2D eigenvalue weighted by molar-refractivity contribution is 8.00. The van der Waals surface area contributed by atoms with E-state index in [1.54, 1.807) is 29.0 Å². The molecule has 0 atom stereocenters. The summed E-state index contributed by atoms with van der Waals surface area (Å²) >= 11 is 0.974. The second-order valence-electron chi connectivity index (χ2n) is 8.02. The molecular formula is C24H21F2N5O2S. The van der Waals surface area contributed by atoms with Crippen LogP contribution in [0.2, 0.25) is 0 Å². The summed E-state index contributed by atoms with van der Waals surface area (Å²) in [4.78, 5) is 22.2. The van der Waals surface area contributed by atoms with Crippen molar-refractivity contribution in [3.63, 3.8) is 0 Å². The van der Waals surface area contributed by atoms with Gasteiger partial charge in [0.1, 0.15) is 17.3 Å². The second kappa shape index (κ2) is 8.94. The monoisotopic (exact) mass is 481 g/mol. The predicted molar refractivity (Wildman–Crippen MR) is 129 cm³/mol. The van der Waals surface area contributed by atoms with Gasteiger partial charge in [0.25, 0.3) is 5.56 Å². The molecule has 10 heteroatoms. The average molecular weight is 482 g/mol. The number of anilines is 2. The third kappa shape index (κ3) is 4.05. The lowest BCUT2D eigenvalue weighted by Crippen LogP contribution is -2.31. The summed E-state index contributed by atoms with van der Waals surface area (Å²) in [5, 5.41) is 0.478. The van der Waals surface area contributed by atoms with E-state index in [0.717, 1.165) is 48.4 Å². The number of hydrogen-bond donors (Lipinski definition) is 2. The number of nitrogen functional groups attached to an aromatic ring is 1. The molecule has 1 aliphatic rings. The standard InChI is InChI=1S/C24H21F2N5O2S/c1-33-22-20(30-34-21-8-6-15(25)11-18(21)26)10-14(12-28-22)13-5-7-19-17(9-13)23(32)31(24(27)29-19)16-3-2-4-16/h5-12,16,30H,2-4H2,1H3,(H2,27,29). The van der Waals surface area contributed by atoms with Crippen molar-refractivity contribution in [2.75, 3.05) is 17.6 Å². The first-order valence-electron chi connectivity index (χ1n) is 10.7. The molecule has 0 saturated heterocycles. The van der Waals surface area contributed by atoms with Crippen LogP contribution in [-0.4, -0.2) is 21.6 Å². The summed E-state index contributed by atoms with van der Waals surface area (Å²) in [5.74, 6) is -0.782. The van der Waals surface area contributed by atoms with Crippen molar-refractivity contribution in [1.29, 1.82) is 0 Å². The Hall–Kier alpha value is -3.66. The van der Waals surface area contributed by atoms with Gasteiger partial charge in [0, 0.05) is 23.9 Å². The van der Waals surface area contributed by atoms with Crippen LogP contribution < -0.4 is 20.8 Å². The molecule has 4 aromatic rings. The molecule has 2 aromatic heterocycles. The number of rotatable bonds is 6. The maximum Gasteiger partial charge on any atom is 0.263 e. The number of methoxy groups -OCH3 is 1. The fraction of sp³-hybridized carbons (Fsp3) is 0.208. The van der Waals surface area contributed by atoms with Crippen LogP contribution in [0.25, 0.3) is 22.0 Å². The van der Waals surface area contributed by atoms with E-state index in [9.17, 15) is 13.6 Å². The number of halogens is 2. The van der Waals surface area contributed by atoms with Crippen LogP contribution >= 0.6 is 11.9 Å². The number of nitrogens with two attached hydrogens (primary N) is 1. The van der Waals surface area contributed by atoms with Gasteiger partial charge in [-0.3, -0.25) is 9.36 Å². The van der Waals surface area contributed by atoms with Gasteiger partial charge in [-0.2, -0.15) is 0 Å². The fourth-order valence-electron chi connectivity index (χ4n) is 3.91. The molecule has 0 aliphatic heterocycles. The largest absolute Gasteiger partial charge is 0.480 e. The topological polar surface area (TPSA) is 95.1 Å². The molecule has 0 bridgehead atoms. The van der Waals surface area contributed by atoms with Crippen molar-refractivity contribution in [3.8, 4) is 17.0 Å². The number of ether oxygens (including phenoxy) is 1. The molecule has 1 saturated carbocycles. The molecule has 34 heavy (non-hydrogen) atoms. The lowest BCUT2D eigenvalue weighted by Gasteiger charge is -2.28. The van der Waals surface area contributed by atoms with Crippen molar-refractivity contribution in [2.45, 2.75) is 30.2 Å². The maximum absolute atomic E-state index is 14.0. The van der Waals surface area contributed by atoms with Gasteiger partial charge in [0.05, 0.1) is 22.9 Å². The SMILES string of the molecule is COc1ncc(-c2ccc3nc(N)n(C4CCC4)c(=O)c3c2)cc1NSc1ccc(F)cc1F. The van der Waals surface area contributed by atoms with Crippen LogP contribution in [0.4, 0.5) is 20.4 Å². The molecule has 7 nitrogen and oxygen atoms in total. The molecular weight excluding hydrogens is 460 g/mol. The van der Waals surface area contributed by atoms with Gasteiger partial charge in [-0.05, 0) is 67.1 Å². The minimum absolute atomic E-state index is 0.0930. The van der Waals surface area contributed by atoms with E-state index >= 15 is 0 Å². The summed E-state index contributed by atoms with van der Waals surface area (Å²) in [6.07, 6.45) is 4.53. The van der Waals surface area contributed by atoms with Gasteiger partial charge in [-0.1, -0.05) is 6.07 Å². The van der Waals surface area contributed by atoms with Crippen molar-refractivity contribution in [1.82, 2.24) is 14.5 Å². The highest BCUT2D eigenvalue weighted by Crippen LogP contribution is 2.34. The van der Waals surface area contributed by atoms with E-state index in [0.29, 0.717) is 22.5 Å². The zero-order valence-electron chi connectivity index (χ0n) is 18.2. The Morgan fingerprint density at radius 2 is 1.97 bits per heavy atom. The van der Waals surface area contributed by atoms with E-state index < -0.39 is 11.6 Å². The van der Waals surface area contributed by atoms with E-state index in [4.69, 9.17) is 10.5 Å². The highest BCUT2D eigenvalue weighted by atomic mass is 32.2. The van der Waals surface area contributed by atoms with E-state index in [-0.39, 0.29) is 22.4 Å². The first-order valence-corrected chi connectivity index (χ1v) is 11.5. The zero-order chi connectivity index (χ0) is 23.8. The summed E-state index contributed by atoms with van der Waals surface area (Å²) < 4.78 is 37.1. The Labute approximate surface area is 198 Å². The van der Waals surface area contributed by atoms with Gasteiger partial charge in [-0.25, -0.2) is 18.7 Å². The summed E-state index contributed by atoms with van der Waals surface area (Å²) in [6.45, 7) is 0. The van der Waals surface area contributed by atoms with Gasteiger partial charge in [0.15, 0.2) is 0 Å². The fourth-order valence-corrected chi connectivity index (χ4v) is 4.57. The van der Waals surface area contributed by atoms with Crippen LogP contribution in [-0.2, 0) is 0 Å². The highest BCUT2D eigenvalue weighted by Gasteiger charge is 2.24. The van der Waals surface area contributed by atoms with Crippen molar-refractivity contribution in [2.24, 2.45) is 0 Å². The smallest absolute Gasteiger partial charge is 0.263 e. The number of benzene rings is 2. The lowest BCUT2D eigenvalue weighted by atomic mass is 9.92. The number of fused-ring (bicyclic) bond motifs is 1. The van der Waals surface area contributed by atoms with Crippen LogP contribution in [0.3, 0.4) is 0 Å². The van der Waals surface area contributed by atoms with E-state index in [1.165, 1.54) is 19.2 Å². The minimum Gasteiger partial charge on any atom is -0.480 e. The first kappa shape index (κ1) is 22.1. The maximum atomic E-state index is 14.0. The molecule has 0 unspecified atom stereocenters. The number of nitrogens with zero attached hydrogens (tertiary/aromatic N) is 3. The van der Waals surface area contributed by atoms with Gasteiger partial charge >= 0.3 is 0 Å². The Kier molecular flexibility index (Phi) is 5.82. The first-order chi connectivity index (χ1) is 16.4. The van der Waals surface area contributed by atoms with Gasteiger partial charge < -0.3 is 15.2 Å². The summed E-state index contributed by atoms with van der Waals surface area (Å²) in [5.41, 5.74) is 8.42. The van der Waals surface area contributed by atoms with Gasteiger partial charge in [0.2, 0.25) is 11.8 Å². The average Bonchev–Trinajstić information content (AvgIpc) is 2.79. The molecule has 5 rings (SSSR count). The molecule has 0 spiro atoms. The number of hydrogen-bond acceptors (Lipinski definition) is 7. The Bertz CT molecular complexity index is 1460. The predicted octanol–water partition coefficient (Wildman–Crippen LogP) is 5.17. The molecule has 174 valence electrons. The normalized spacial score (nSPS) is 13.6. The lowest BCUT2D eigenvalue weighted by molar-refractivity contribution is 0.309. The number of nitrogens with one attached hydrogen (secondary N) is 1. The Morgan fingerprint density at radius 1 is 1.15 bits per heavy atom.